The second-order valence-electron chi connectivity index (χ2n) is 3.60. The van der Waals surface area contributed by atoms with Gasteiger partial charge >= 0.3 is 0 Å². The zero-order valence-corrected chi connectivity index (χ0v) is 7.81. The van der Waals surface area contributed by atoms with Crippen molar-refractivity contribution < 1.29 is 9.90 Å². The lowest BCUT2D eigenvalue weighted by Crippen LogP contribution is -2.08. The lowest BCUT2D eigenvalue weighted by Gasteiger charge is -2.17. The number of carbonyl (C=O) groups excluding carboxylic acids is 1. The van der Waals surface area contributed by atoms with E-state index in [9.17, 15) is 4.79 Å². The number of ketones is 1. The molecular weight excluding hydrogens is 176 g/mol. The highest BCUT2D eigenvalue weighted by Gasteiger charge is 2.16. The van der Waals surface area contributed by atoms with Gasteiger partial charge in [0.25, 0.3) is 0 Å². The molecule has 2 nitrogen and oxygen atoms in total. The van der Waals surface area contributed by atoms with Gasteiger partial charge in [0.1, 0.15) is 5.75 Å². The van der Waals surface area contributed by atoms with Crippen LogP contribution in [0.25, 0.3) is 0 Å². The molecule has 0 radical (unpaired) electrons. The maximum Gasteiger partial charge on any atom is 0.155 e. The number of aromatic hydroxyl groups is 1. The number of carbonyl (C=O) groups is 1. The van der Waals surface area contributed by atoms with Gasteiger partial charge in [0, 0.05) is 6.42 Å². The normalized spacial score (nSPS) is 21.1. The zero-order chi connectivity index (χ0) is 9.97. The molecule has 1 aromatic carbocycles. The average Bonchev–Trinajstić information content (AvgIpc) is 2.19. The van der Waals surface area contributed by atoms with Gasteiger partial charge in [-0.2, -0.15) is 0 Å². The van der Waals surface area contributed by atoms with Gasteiger partial charge in [0.2, 0.25) is 0 Å². The minimum atomic E-state index is 0.189. The summed E-state index contributed by atoms with van der Waals surface area (Å²) in [5.41, 5.74) is 1.13. The average molecular weight is 188 g/mol. The Hall–Kier alpha value is -1.57. The summed E-state index contributed by atoms with van der Waals surface area (Å²) in [5.74, 6) is 0.744. The number of rotatable bonds is 1. The molecule has 2 heteroatoms. The van der Waals surface area contributed by atoms with Crippen LogP contribution in [0.5, 0.6) is 5.75 Å². The van der Waals surface area contributed by atoms with E-state index in [1.807, 2.05) is 18.2 Å². The van der Waals surface area contributed by atoms with Crippen molar-refractivity contribution in [1.82, 2.24) is 0 Å². The predicted octanol–water partition coefficient (Wildman–Crippen LogP) is 2.39. The van der Waals surface area contributed by atoms with E-state index >= 15 is 0 Å². The van der Waals surface area contributed by atoms with E-state index in [1.165, 1.54) is 0 Å². The molecule has 1 aliphatic carbocycles. The van der Waals surface area contributed by atoms with Gasteiger partial charge in [-0.1, -0.05) is 18.2 Å². The molecule has 1 unspecified atom stereocenters. The van der Waals surface area contributed by atoms with Crippen molar-refractivity contribution in [3.8, 4) is 5.75 Å². The highest BCUT2D eigenvalue weighted by atomic mass is 16.3. The maximum absolute atomic E-state index is 11.2. The van der Waals surface area contributed by atoms with Crippen molar-refractivity contribution >= 4 is 5.78 Å². The van der Waals surface area contributed by atoms with Crippen LogP contribution in [0.3, 0.4) is 0 Å². The summed E-state index contributed by atoms with van der Waals surface area (Å²) in [4.78, 5) is 11.2. The summed E-state index contributed by atoms with van der Waals surface area (Å²) < 4.78 is 0. The van der Waals surface area contributed by atoms with Crippen LogP contribution in [-0.2, 0) is 4.79 Å². The SMILES string of the molecule is O=C1C=CCC(c2ccc(O)cc2)C1. The number of benzene rings is 1. The molecule has 0 saturated carbocycles. The third kappa shape index (κ3) is 1.84. The van der Waals surface area contributed by atoms with Crippen LogP contribution in [0.15, 0.2) is 36.4 Å². The number of hydrogen-bond acceptors (Lipinski definition) is 2. The van der Waals surface area contributed by atoms with E-state index < -0.39 is 0 Å². The fourth-order valence-corrected chi connectivity index (χ4v) is 1.76. The van der Waals surface area contributed by atoms with Gasteiger partial charge in [-0.25, -0.2) is 0 Å². The van der Waals surface area contributed by atoms with Gasteiger partial charge in [-0.05, 0) is 36.1 Å². The van der Waals surface area contributed by atoms with E-state index in [4.69, 9.17) is 5.11 Å². The number of phenols is 1. The van der Waals surface area contributed by atoms with E-state index in [0.717, 1.165) is 12.0 Å². The van der Waals surface area contributed by atoms with Crippen molar-refractivity contribution in [2.75, 3.05) is 0 Å². The first-order valence-electron chi connectivity index (χ1n) is 4.74. The quantitative estimate of drug-likeness (QED) is 0.734. The molecule has 2 rings (SSSR count). The van der Waals surface area contributed by atoms with Crippen LogP contribution in [0.4, 0.5) is 0 Å². The summed E-state index contributed by atoms with van der Waals surface area (Å²) in [6.07, 6.45) is 5.07. The first-order chi connectivity index (χ1) is 6.75. The van der Waals surface area contributed by atoms with Crippen LogP contribution in [-0.4, -0.2) is 10.9 Å². The molecule has 72 valence electrons. The molecule has 0 saturated heterocycles. The molecule has 1 atom stereocenters. The summed E-state index contributed by atoms with van der Waals surface area (Å²) in [6.45, 7) is 0. The van der Waals surface area contributed by atoms with Crippen molar-refractivity contribution in [2.24, 2.45) is 0 Å². The molecule has 0 spiro atoms. The summed E-state index contributed by atoms with van der Waals surface area (Å²) in [7, 11) is 0. The minimum absolute atomic E-state index is 0.189. The highest BCUT2D eigenvalue weighted by Crippen LogP contribution is 2.28. The van der Waals surface area contributed by atoms with Crippen LogP contribution >= 0.6 is 0 Å². The Morgan fingerprint density at radius 2 is 1.93 bits per heavy atom. The van der Waals surface area contributed by atoms with Crippen molar-refractivity contribution in [2.45, 2.75) is 18.8 Å². The van der Waals surface area contributed by atoms with Crippen molar-refractivity contribution in [1.29, 1.82) is 0 Å². The summed E-state index contributed by atoms with van der Waals surface area (Å²) in [5, 5.41) is 9.13. The number of hydrogen-bond donors (Lipinski definition) is 1. The second-order valence-corrected chi connectivity index (χ2v) is 3.60. The Morgan fingerprint density at radius 3 is 2.57 bits per heavy atom. The van der Waals surface area contributed by atoms with Gasteiger partial charge in [-0.15, -0.1) is 0 Å². The third-order valence-electron chi connectivity index (χ3n) is 2.54. The van der Waals surface area contributed by atoms with Gasteiger partial charge in [-0.3, -0.25) is 4.79 Å². The van der Waals surface area contributed by atoms with Crippen molar-refractivity contribution in [3.63, 3.8) is 0 Å². The molecule has 0 heterocycles. The van der Waals surface area contributed by atoms with Gasteiger partial charge in [0.05, 0.1) is 0 Å². The molecule has 1 aliphatic rings. The van der Waals surface area contributed by atoms with E-state index in [1.54, 1.807) is 18.2 Å². The monoisotopic (exact) mass is 188 g/mol. The number of allylic oxidation sites excluding steroid dienone is 2. The predicted molar refractivity (Wildman–Crippen MR) is 54.2 cm³/mol. The Balaban J connectivity index is 2.19. The molecule has 1 N–H and O–H groups in total. The van der Waals surface area contributed by atoms with Crippen molar-refractivity contribution in [3.05, 3.63) is 42.0 Å². The van der Waals surface area contributed by atoms with E-state index in [0.29, 0.717) is 6.42 Å². The number of phenolic OH excluding ortho intramolecular Hbond substituents is 1. The molecule has 0 aliphatic heterocycles. The molecule has 14 heavy (non-hydrogen) atoms. The van der Waals surface area contributed by atoms with E-state index in [-0.39, 0.29) is 17.5 Å². The molecule has 0 bridgehead atoms. The first kappa shape index (κ1) is 9.00. The van der Waals surface area contributed by atoms with Crippen LogP contribution in [0, 0.1) is 0 Å². The topological polar surface area (TPSA) is 37.3 Å². The van der Waals surface area contributed by atoms with Gasteiger partial charge in [0.15, 0.2) is 5.78 Å². The lowest BCUT2D eigenvalue weighted by molar-refractivity contribution is -0.115. The highest BCUT2D eigenvalue weighted by molar-refractivity contribution is 5.91. The fourth-order valence-electron chi connectivity index (χ4n) is 1.76. The largest absolute Gasteiger partial charge is 0.508 e. The van der Waals surface area contributed by atoms with Crippen LogP contribution in [0.2, 0.25) is 0 Å². The molecular formula is C12H12O2. The van der Waals surface area contributed by atoms with Gasteiger partial charge < -0.3 is 5.11 Å². The Morgan fingerprint density at radius 1 is 1.21 bits per heavy atom. The molecule has 0 aromatic heterocycles. The maximum atomic E-state index is 11.2. The first-order valence-corrected chi connectivity index (χ1v) is 4.74. The lowest BCUT2D eigenvalue weighted by atomic mass is 9.87. The van der Waals surface area contributed by atoms with Crippen LogP contribution < -0.4 is 0 Å². The minimum Gasteiger partial charge on any atom is -0.508 e. The summed E-state index contributed by atoms with van der Waals surface area (Å²) >= 11 is 0. The molecule has 0 amide bonds. The smallest absolute Gasteiger partial charge is 0.155 e. The zero-order valence-electron chi connectivity index (χ0n) is 7.81. The summed E-state index contributed by atoms with van der Waals surface area (Å²) in [6, 6.07) is 7.09. The second kappa shape index (κ2) is 3.66. The molecule has 1 aromatic rings. The van der Waals surface area contributed by atoms with E-state index in [2.05, 4.69) is 0 Å². The third-order valence-corrected chi connectivity index (χ3v) is 2.54. The fraction of sp³-hybridized carbons (Fsp3) is 0.250. The van der Waals surface area contributed by atoms with Crippen LogP contribution in [0.1, 0.15) is 24.3 Å². The standard InChI is InChI=1S/C12H12O2/c13-11-6-4-9(5-7-11)10-2-1-3-12(14)8-10/h1,3-7,10,13H,2,8H2. The Labute approximate surface area is 82.9 Å². The molecule has 0 fully saturated rings. The Kier molecular flexibility index (Phi) is 2.35. The Bertz CT molecular complexity index is 362.